The maximum atomic E-state index is 12.5. The average molecular weight is 360 g/mol. The molecule has 26 heavy (non-hydrogen) atoms. The van der Waals surface area contributed by atoms with E-state index in [2.05, 4.69) is 15.8 Å². The number of nitrogens with one attached hydrogen (secondary N) is 2. The standard InChI is InChI=1S/C19H28N4O3/c1-19(2,13-17(25)23-10-5-3-4-6-11-23)12-16(24)21-22-18(26)15-8-7-9-20-14-15/h7-9,14H,3-6,10-13H2,1-2H3,(H,21,24)(H,22,26). The van der Waals surface area contributed by atoms with E-state index in [4.69, 9.17) is 0 Å². The Labute approximate surface area is 154 Å². The van der Waals surface area contributed by atoms with Gasteiger partial charge in [0.2, 0.25) is 11.8 Å². The predicted octanol–water partition coefficient (Wildman–Crippen LogP) is 2.05. The number of hydrazine groups is 1. The SMILES string of the molecule is CC(C)(CC(=O)NNC(=O)c1cccnc1)CC(=O)N1CCCCCC1. The Morgan fingerprint density at radius 1 is 1.08 bits per heavy atom. The largest absolute Gasteiger partial charge is 0.343 e. The summed E-state index contributed by atoms with van der Waals surface area (Å²) in [5.41, 5.74) is 4.67. The normalized spacial score (nSPS) is 15.1. The highest BCUT2D eigenvalue weighted by Crippen LogP contribution is 2.26. The Hall–Kier alpha value is -2.44. The molecule has 1 saturated heterocycles. The summed E-state index contributed by atoms with van der Waals surface area (Å²) >= 11 is 0. The van der Waals surface area contributed by atoms with Gasteiger partial charge in [-0.25, -0.2) is 0 Å². The number of carbonyl (C=O) groups excluding carboxylic acids is 3. The topological polar surface area (TPSA) is 91.4 Å². The average Bonchev–Trinajstić information content (AvgIpc) is 2.89. The highest BCUT2D eigenvalue weighted by atomic mass is 16.2. The van der Waals surface area contributed by atoms with Gasteiger partial charge in [0.25, 0.3) is 5.91 Å². The van der Waals surface area contributed by atoms with Gasteiger partial charge in [0, 0.05) is 38.3 Å². The van der Waals surface area contributed by atoms with Gasteiger partial charge in [0.15, 0.2) is 0 Å². The first-order valence-corrected chi connectivity index (χ1v) is 9.14. The number of hydrogen-bond donors (Lipinski definition) is 2. The van der Waals surface area contributed by atoms with Crippen LogP contribution in [0.5, 0.6) is 0 Å². The molecule has 0 saturated carbocycles. The molecule has 1 aliphatic rings. The van der Waals surface area contributed by atoms with Crippen LogP contribution in [0.1, 0.15) is 62.7 Å². The number of nitrogens with zero attached hydrogens (tertiary/aromatic N) is 2. The number of amides is 3. The van der Waals surface area contributed by atoms with Crippen LogP contribution in [-0.4, -0.2) is 40.7 Å². The number of rotatable bonds is 5. The molecule has 2 heterocycles. The zero-order valence-electron chi connectivity index (χ0n) is 15.6. The molecule has 0 spiro atoms. The lowest BCUT2D eigenvalue weighted by Gasteiger charge is -2.28. The third kappa shape index (κ3) is 6.46. The minimum Gasteiger partial charge on any atom is -0.343 e. The zero-order valence-corrected chi connectivity index (χ0v) is 15.6. The number of hydrogen-bond acceptors (Lipinski definition) is 4. The summed E-state index contributed by atoms with van der Waals surface area (Å²) in [6, 6.07) is 3.26. The lowest BCUT2D eigenvalue weighted by molar-refractivity contribution is -0.134. The summed E-state index contributed by atoms with van der Waals surface area (Å²) in [5, 5.41) is 0. The number of likely N-dealkylation sites (tertiary alicyclic amines) is 1. The van der Waals surface area contributed by atoms with Crippen molar-refractivity contribution in [1.29, 1.82) is 0 Å². The Balaban J connectivity index is 1.78. The van der Waals surface area contributed by atoms with E-state index in [1.807, 2.05) is 18.7 Å². The van der Waals surface area contributed by atoms with E-state index in [1.54, 1.807) is 18.3 Å². The van der Waals surface area contributed by atoms with Crippen LogP contribution in [0.4, 0.5) is 0 Å². The summed E-state index contributed by atoms with van der Waals surface area (Å²) in [5.74, 6) is -0.648. The molecule has 0 atom stereocenters. The van der Waals surface area contributed by atoms with Crippen molar-refractivity contribution in [1.82, 2.24) is 20.7 Å². The fourth-order valence-electron chi connectivity index (χ4n) is 3.08. The van der Waals surface area contributed by atoms with Gasteiger partial charge in [-0.3, -0.25) is 30.2 Å². The first-order valence-electron chi connectivity index (χ1n) is 9.14. The van der Waals surface area contributed by atoms with Gasteiger partial charge in [-0.1, -0.05) is 26.7 Å². The second-order valence-corrected chi connectivity index (χ2v) is 7.56. The molecule has 1 aromatic rings. The molecule has 0 bridgehead atoms. The quantitative estimate of drug-likeness (QED) is 0.786. The van der Waals surface area contributed by atoms with E-state index in [1.165, 1.54) is 19.0 Å². The Morgan fingerprint density at radius 3 is 2.38 bits per heavy atom. The Kier molecular flexibility index (Phi) is 7.12. The molecule has 0 aromatic carbocycles. The molecule has 1 fully saturated rings. The second kappa shape index (κ2) is 9.31. The minimum absolute atomic E-state index is 0.101. The van der Waals surface area contributed by atoms with Crippen LogP contribution >= 0.6 is 0 Å². The molecule has 7 nitrogen and oxygen atoms in total. The van der Waals surface area contributed by atoms with Crippen LogP contribution in [0.2, 0.25) is 0 Å². The van der Waals surface area contributed by atoms with Crippen molar-refractivity contribution >= 4 is 17.7 Å². The lowest BCUT2D eigenvalue weighted by Crippen LogP contribution is -2.44. The fourth-order valence-corrected chi connectivity index (χ4v) is 3.08. The minimum atomic E-state index is -0.480. The maximum Gasteiger partial charge on any atom is 0.271 e. The van der Waals surface area contributed by atoms with Crippen LogP contribution in [0.25, 0.3) is 0 Å². The molecule has 1 aliphatic heterocycles. The van der Waals surface area contributed by atoms with Crippen LogP contribution in [0.15, 0.2) is 24.5 Å². The van der Waals surface area contributed by atoms with Gasteiger partial charge in [0.1, 0.15) is 0 Å². The van der Waals surface area contributed by atoms with Gasteiger partial charge >= 0.3 is 0 Å². The summed E-state index contributed by atoms with van der Waals surface area (Å²) in [7, 11) is 0. The van der Waals surface area contributed by atoms with Crippen molar-refractivity contribution in [2.24, 2.45) is 5.41 Å². The first kappa shape index (κ1) is 19.9. The summed E-state index contributed by atoms with van der Waals surface area (Å²) in [6.07, 6.45) is 7.90. The molecule has 7 heteroatoms. The van der Waals surface area contributed by atoms with E-state index < -0.39 is 11.3 Å². The van der Waals surface area contributed by atoms with Crippen molar-refractivity contribution in [3.63, 3.8) is 0 Å². The van der Waals surface area contributed by atoms with Crippen LogP contribution in [0, 0.1) is 5.41 Å². The van der Waals surface area contributed by atoms with E-state index >= 15 is 0 Å². The lowest BCUT2D eigenvalue weighted by atomic mass is 9.85. The van der Waals surface area contributed by atoms with E-state index in [0.29, 0.717) is 12.0 Å². The first-order chi connectivity index (χ1) is 12.4. The third-order valence-corrected chi connectivity index (χ3v) is 4.47. The molecule has 0 unspecified atom stereocenters. The van der Waals surface area contributed by atoms with E-state index in [-0.39, 0.29) is 18.2 Å². The smallest absolute Gasteiger partial charge is 0.271 e. The van der Waals surface area contributed by atoms with Gasteiger partial charge in [-0.05, 0) is 30.4 Å². The molecular weight excluding hydrogens is 332 g/mol. The van der Waals surface area contributed by atoms with Crippen molar-refractivity contribution < 1.29 is 14.4 Å². The van der Waals surface area contributed by atoms with E-state index in [0.717, 1.165) is 25.9 Å². The zero-order chi connectivity index (χ0) is 19.0. The molecule has 1 aromatic heterocycles. The summed E-state index contributed by atoms with van der Waals surface area (Å²) < 4.78 is 0. The van der Waals surface area contributed by atoms with Gasteiger partial charge < -0.3 is 4.90 Å². The van der Waals surface area contributed by atoms with Crippen molar-refractivity contribution in [2.75, 3.05) is 13.1 Å². The monoisotopic (exact) mass is 360 g/mol. The van der Waals surface area contributed by atoms with Crippen molar-refractivity contribution in [3.8, 4) is 0 Å². The molecular formula is C19H28N4O3. The van der Waals surface area contributed by atoms with Crippen LogP contribution in [0.3, 0.4) is 0 Å². The van der Waals surface area contributed by atoms with Gasteiger partial charge in [-0.2, -0.15) is 0 Å². The summed E-state index contributed by atoms with van der Waals surface area (Å²) in [6.45, 7) is 5.40. The predicted molar refractivity (Wildman–Crippen MR) is 97.9 cm³/mol. The highest BCUT2D eigenvalue weighted by Gasteiger charge is 2.28. The maximum absolute atomic E-state index is 12.5. The number of pyridine rings is 1. The van der Waals surface area contributed by atoms with E-state index in [9.17, 15) is 14.4 Å². The number of aromatic nitrogens is 1. The van der Waals surface area contributed by atoms with Crippen LogP contribution in [-0.2, 0) is 9.59 Å². The molecule has 2 N–H and O–H groups in total. The van der Waals surface area contributed by atoms with Gasteiger partial charge in [-0.15, -0.1) is 0 Å². The summed E-state index contributed by atoms with van der Waals surface area (Å²) in [4.78, 5) is 42.3. The van der Waals surface area contributed by atoms with Crippen molar-refractivity contribution in [2.45, 2.75) is 52.4 Å². The fraction of sp³-hybridized carbons (Fsp3) is 0.579. The number of carbonyl (C=O) groups is 3. The second-order valence-electron chi connectivity index (χ2n) is 7.56. The molecule has 2 rings (SSSR count). The molecule has 0 aliphatic carbocycles. The molecule has 0 radical (unpaired) electrons. The highest BCUT2D eigenvalue weighted by molar-refractivity contribution is 5.95. The molecule has 3 amide bonds. The third-order valence-electron chi connectivity index (χ3n) is 4.47. The Bertz CT molecular complexity index is 623. The molecule has 142 valence electrons. The Morgan fingerprint density at radius 2 is 1.77 bits per heavy atom. The van der Waals surface area contributed by atoms with Gasteiger partial charge in [0.05, 0.1) is 5.56 Å². The van der Waals surface area contributed by atoms with Crippen LogP contribution < -0.4 is 10.9 Å². The van der Waals surface area contributed by atoms with Crippen molar-refractivity contribution in [3.05, 3.63) is 30.1 Å².